The van der Waals surface area contributed by atoms with Gasteiger partial charge >= 0.3 is 0 Å². The van der Waals surface area contributed by atoms with Gasteiger partial charge in [0.25, 0.3) is 0 Å². The highest BCUT2D eigenvalue weighted by Gasteiger charge is 2.19. The molecule has 2 N–H and O–H groups in total. The lowest BCUT2D eigenvalue weighted by atomic mass is 10.0. The van der Waals surface area contributed by atoms with Crippen LogP contribution in [0.5, 0.6) is 11.5 Å². The second-order valence-electron chi connectivity index (χ2n) is 3.70. The second-order valence-corrected chi connectivity index (χ2v) is 4.11. The van der Waals surface area contributed by atoms with Crippen molar-refractivity contribution in [2.45, 2.75) is 6.92 Å². The van der Waals surface area contributed by atoms with E-state index in [-0.39, 0.29) is 5.88 Å². The summed E-state index contributed by atoms with van der Waals surface area (Å²) < 4.78 is 15.5. The fourth-order valence-electron chi connectivity index (χ4n) is 1.91. The van der Waals surface area contributed by atoms with Crippen molar-refractivity contribution in [2.24, 2.45) is 0 Å². The smallest absolute Gasteiger partial charge is 0.230 e. The molecule has 2 rings (SSSR count). The fraction of sp³-hybridized carbons (Fsp3) is 0.250. The molecular weight excluding hydrogens is 256 g/mol. The molecule has 5 nitrogen and oxygen atoms in total. The van der Waals surface area contributed by atoms with E-state index in [0.717, 1.165) is 11.1 Å². The third-order valence-corrected chi connectivity index (χ3v) is 2.99. The normalized spacial score (nSPS) is 10.4. The van der Waals surface area contributed by atoms with E-state index in [0.29, 0.717) is 22.1 Å². The molecule has 0 bridgehead atoms. The summed E-state index contributed by atoms with van der Waals surface area (Å²) in [5.41, 5.74) is 7.86. The lowest BCUT2D eigenvalue weighted by molar-refractivity contribution is 0.390. The Morgan fingerprint density at radius 1 is 1.22 bits per heavy atom. The van der Waals surface area contributed by atoms with Gasteiger partial charge in [0.05, 0.1) is 31.0 Å². The summed E-state index contributed by atoms with van der Waals surface area (Å²) in [6.45, 7) is 1.86. The molecule has 0 aliphatic carbocycles. The molecule has 1 aromatic carbocycles. The molecule has 0 amide bonds. The predicted octanol–water partition coefficient (Wildman–Crippen LogP) is 2.90. The topological polar surface area (TPSA) is 70.5 Å². The van der Waals surface area contributed by atoms with Crippen LogP contribution < -0.4 is 15.2 Å². The first-order chi connectivity index (χ1) is 8.60. The first-order valence-corrected chi connectivity index (χ1v) is 5.59. The standard InChI is InChI=1S/C12H13ClN2O3/c1-6-10(16-2)7(4-9(13)11(6)17-3)8-5-15-18-12(8)14/h4-5H,14H2,1-3H3. The molecule has 0 aliphatic rings. The van der Waals surface area contributed by atoms with Gasteiger partial charge in [0.2, 0.25) is 5.88 Å². The average molecular weight is 269 g/mol. The van der Waals surface area contributed by atoms with Crippen LogP contribution in [0.2, 0.25) is 5.02 Å². The number of nitrogens with two attached hydrogens (primary N) is 1. The summed E-state index contributed by atoms with van der Waals surface area (Å²) in [6, 6.07) is 1.72. The van der Waals surface area contributed by atoms with E-state index < -0.39 is 0 Å². The summed E-state index contributed by atoms with van der Waals surface area (Å²) in [6.07, 6.45) is 1.52. The van der Waals surface area contributed by atoms with E-state index in [1.54, 1.807) is 20.3 Å². The largest absolute Gasteiger partial charge is 0.496 e. The number of aromatic nitrogens is 1. The Morgan fingerprint density at radius 2 is 1.89 bits per heavy atom. The number of hydrogen-bond acceptors (Lipinski definition) is 5. The molecular formula is C12H13ClN2O3. The lowest BCUT2D eigenvalue weighted by Gasteiger charge is -2.15. The monoisotopic (exact) mass is 268 g/mol. The molecule has 0 unspecified atom stereocenters. The zero-order valence-electron chi connectivity index (χ0n) is 10.3. The van der Waals surface area contributed by atoms with Crippen molar-refractivity contribution in [3.8, 4) is 22.6 Å². The quantitative estimate of drug-likeness (QED) is 0.927. The molecule has 18 heavy (non-hydrogen) atoms. The number of nitrogen functional groups attached to an aromatic ring is 1. The minimum atomic E-state index is 0.217. The van der Waals surface area contributed by atoms with Crippen LogP contribution in [0.1, 0.15) is 5.56 Å². The van der Waals surface area contributed by atoms with Crippen molar-refractivity contribution in [1.29, 1.82) is 0 Å². The predicted molar refractivity (Wildman–Crippen MR) is 69.2 cm³/mol. The maximum atomic E-state index is 6.16. The molecule has 0 aliphatic heterocycles. The third-order valence-electron chi connectivity index (χ3n) is 2.71. The molecule has 0 saturated carbocycles. The zero-order valence-corrected chi connectivity index (χ0v) is 11.0. The van der Waals surface area contributed by atoms with Gasteiger partial charge in [-0.3, -0.25) is 0 Å². The zero-order chi connectivity index (χ0) is 13.3. The van der Waals surface area contributed by atoms with Crippen LogP contribution in [0.4, 0.5) is 5.88 Å². The Labute approximate surface area is 109 Å². The minimum absolute atomic E-state index is 0.217. The summed E-state index contributed by atoms with van der Waals surface area (Å²) in [5.74, 6) is 1.42. The number of hydrogen-bond donors (Lipinski definition) is 1. The number of anilines is 1. The van der Waals surface area contributed by atoms with E-state index in [9.17, 15) is 0 Å². The van der Waals surface area contributed by atoms with E-state index >= 15 is 0 Å². The van der Waals surface area contributed by atoms with Gasteiger partial charge in [-0.05, 0) is 13.0 Å². The maximum absolute atomic E-state index is 6.16. The SMILES string of the molecule is COc1c(Cl)cc(-c2cnoc2N)c(OC)c1C. The van der Waals surface area contributed by atoms with Gasteiger partial charge in [-0.1, -0.05) is 16.8 Å². The van der Waals surface area contributed by atoms with Crippen molar-refractivity contribution in [2.75, 3.05) is 20.0 Å². The van der Waals surface area contributed by atoms with Crippen LogP contribution >= 0.6 is 11.6 Å². The first-order valence-electron chi connectivity index (χ1n) is 5.21. The van der Waals surface area contributed by atoms with Gasteiger partial charge in [-0.2, -0.15) is 0 Å². The highest BCUT2D eigenvalue weighted by Crippen LogP contribution is 2.43. The molecule has 2 aromatic rings. The molecule has 1 heterocycles. The van der Waals surface area contributed by atoms with Crippen LogP contribution in [0.3, 0.4) is 0 Å². The van der Waals surface area contributed by atoms with Crippen LogP contribution in [0.25, 0.3) is 11.1 Å². The second kappa shape index (κ2) is 4.78. The Kier molecular flexibility index (Phi) is 3.34. The number of halogens is 1. The number of rotatable bonds is 3. The summed E-state index contributed by atoms with van der Waals surface area (Å²) >= 11 is 6.16. The summed E-state index contributed by atoms with van der Waals surface area (Å²) in [4.78, 5) is 0. The molecule has 0 saturated heterocycles. The molecule has 96 valence electrons. The molecule has 0 spiro atoms. The van der Waals surface area contributed by atoms with Crippen molar-refractivity contribution in [3.05, 3.63) is 22.8 Å². The molecule has 0 radical (unpaired) electrons. The Balaban J connectivity index is 2.72. The molecule has 0 fully saturated rings. The highest BCUT2D eigenvalue weighted by molar-refractivity contribution is 6.32. The Bertz CT molecular complexity index is 581. The van der Waals surface area contributed by atoms with Crippen LogP contribution in [0, 0.1) is 6.92 Å². The number of methoxy groups -OCH3 is 2. The van der Waals surface area contributed by atoms with Gasteiger partial charge < -0.3 is 19.7 Å². The average Bonchev–Trinajstić information content (AvgIpc) is 2.75. The van der Waals surface area contributed by atoms with Gasteiger partial charge in [-0.15, -0.1) is 0 Å². The van der Waals surface area contributed by atoms with E-state index in [1.807, 2.05) is 6.92 Å². The van der Waals surface area contributed by atoms with E-state index in [1.165, 1.54) is 6.20 Å². The minimum Gasteiger partial charge on any atom is -0.496 e. The van der Waals surface area contributed by atoms with Crippen LogP contribution in [-0.4, -0.2) is 19.4 Å². The van der Waals surface area contributed by atoms with Crippen molar-refractivity contribution < 1.29 is 14.0 Å². The Morgan fingerprint density at radius 3 is 2.39 bits per heavy atom. The van der Waals surface area contributed by atoms with E-state index in [4.69, 9.17) is 31.3 Å². The first kappa shape index (κ1) is 12.6. The van der Waals surface area contributed by atoms with Crippen LogP contribution in [0.15, 0.2) is 16.8 Å². The van der Waals surface area contributed by atoms with Gasteiger partial charge in [0.15, 0.2) is 0 Å². The van der Waals surface area contributed by atoms with Gasteiger partial charge in [-0.25, -0.2) is 0 Å². The maximum Gasteiger partial charge on any atom is 0.230 e. The highest BCUT2D eigenvalue weighted by atomic mass is 35.5. The van der Waals surface area contributed by atoms with E-state index in [2.05, 4.69) is 5.16 Å². The fourth-order valence-corrected chi connectivity index (χ4v) is 2.23. The van der Waals surface area contributed by atoms with Crippen molar-refractivity contribution >= 4 is 17.5 Å². The Hall–Kier alpha value is -1.88. The summed E-state index contributed by atoms with van der Waals surface area (Å²) in [5, 5.41) is 4.12. The number of nitrogens with zero attached hydrogens (tertiary/aromatic N) is 1. The van der Waals surface area contributed by atoms with Crippen molar-refractivity contribution in [1.82, 2.24) is 5.16 Å². The summed E-state index contributed by atoms with van der Waals surface area (Å²) in [7, 11) is 3.13. The number of ether oxygens (including phenoxy) is 2. The molecule has 0 atom stereocenters. The number of benzene rings is 1. The molecule has 6 heteroatoms. The van der Waals surface area contributed by atoms with Crippen LogP contribution in [-0.2, 0) is 0 Å². The molecule has 1 aromatic heterocycles. The van der Waals surface area contributed by atoms with Gasteiger partial charge in [0.1, 0.15) is 11.5 Å². The van der Waals surface area contributed by atoms with Gasteiger partial charge in [0, 0.05) is 11.1 Å². The van der Waals surface area contributed by atoms with Crippen molar-refractivity contribution in [3.63, 3.8) is 0 Å². The third kappa shape index (κ3) is 1.86. The lowest BCUT2D eigenvalue weighted by Crippen LogP contribution is -1.97.